The first-order valence-corrected chi connectivity index (χ1v) is 8.61. The summed E-state index contributed by atoms with van der Waals surface area (Å²) < 4.78 is 5.69. The fourth-order valence-electron chi connectivity index (χ4n) is 2.49. The predicted octanol–water partition coefficient (Wildman–Crippen LogP) is 4.89. The molecular formula is C21H16ClN3O2. The van der Waals surface area contributed by atoms with Gasteiger partial charge >= 0.3 is 0 Å². The monoisotopic (exact) mass is 377 g/mol. The second-order valence-electron chi connectivity index (χ2n) is 5.90. The minimum absolute atomic E-state index is 0.120. The van der Waals surface area contributed by atoms with Gasteiger partial charge in [-0.2, -0.15) is 5.26 Å². The molecule has 5 nitrogen and oxygen atoms in total. The Kier molecular flexibility index (Phi) is 5.70. The maximum absolute atomic E-state index is 12.3. The second kappa shape index (κ2) is 8.35. The van der Waals surface area contributed by atoms with Gasteiger partial charge in [-0.25, -0.2) is 4.98 Å². The number of benzene rings is 2. The fourth-order valence-corrected chi connectivity index (χ4v) is 2.62. The van der Waals surface area contributed by atoms with Crippen LogP contribution in [0.5, 0.6) is 11.6 Å². The molecule has 134 valence electrons. The van der Waals surface area contributed by atoms with Crippen molar-refractivity contribution in [3.05, 3.63) is 82.5 Å². The summed E-state index contributed by atoms with van der Waals surface area (Å²) in [6.45, 7) is 1.87. The van der Waals surface area contributed by atoms with E-state index in [0.29, 0.717) is 22.0 Å². The minimum Gasteiger partial charge on any atom is -0.438 e. The zero-order chi connectivity index (χ0) is 19.2. The van der Waals surface area contributed by atoms with E-state index in [2.05, 4.69) is 10.3 Å². The average Bonchev–Trinajstić information content (AvgIpc) is 2.66. The van der Waals surface area contributed by atoms with E-state index in [1.165, 1.54) is 0 Å². The maximum atomic E-state index is 12.3. The lowest BCUT2D eigenvalue weighted by molar-refractivity contribution is -0.115. The van der Waals surface area contributed by atoms with E-state index in [1.54, 1.807) is 48.7 Å². The summed E-state index contributed by atoms with van der Waals surface area (Å²) in [5, 5.41) is 12.6. The van der Waals surface area contributed by atoms with E-state index in [4.69, 9.17) is 21.6 Å². The van der Waals surface area contributed by atoms with Gasteiger partial charge in [0, 0.05) is 16.9 Å². The van der Waals surface area contributed by atoms with Gasteiger partial charge in [0.2, 0.25) is 11.8 Å². The number of nitriles is 1. The van der Waals surface area contributed by atoms with Crippen molar-refractivity contribution in [2.45, 2.75) is 13.3 Å². The molecule has 0 atom stereocenters. The van der Waals surface area contributed by atoms with Crippen molar-refractivity contribution in [3.63, 3.8) is 0 Å². The predicted molar refractivity (Wildman–Crippen MR) is 104 cm³/mol. The summed E-state index contributed by atoms with van der Waals surface area (Å²) >= 11 is 5.86. The number of pyridine rings is 1. The number of carbonyl (C=O) groups is 1. The smallest absolute Gasteiger partial charge is 0.237 e. The number of rotatable bonds is 5. The molecule has 0 saturated carbocycles. The zero-order valence-corrected chi connectivity index (χ0v) is 15.3. The first-order chi connectivity index (χ1) is 13.0. The van der Waals surface area contributed by atoms with Gasteiger partial charge in [-0.05, 0) is 60.5 Å². The SMILES string of the molecule is Cc1cc(Oc2ncccc2C#N)ccc1NC(=O)Cc1ccc(Cl)cc1. The quantitative estimate of drug-likeness (QED) is 0.687. The summed E-state index contributed by atoms with van der Waals surface area (Å²) in [6.07, 6.45) is 1.82. The number of nitrogens with zero attached hydrogens (tertiary/aromatic N) is 2. The van der Waals surface area contributed by atoms with Crippen molar-refractivity contribution in [3.8, 4) is 17.7 Å². The minimum atomic E-state index is -0.120. The molecule has 0 unspecified atom stereocenters. The van der Waals surface area contributed by atoms with Crippen LogP contribution in [0.3, 0.4) is 0 Å². The Hall–Kier alpha value is -3.36. The molecule has 1 heterocycles. The van der Waals surface area contributed by atoms with Gasteiger partial charge in [0.15, 0.2) is 0 Å². The highest BCUT2D eigenvalue weighted by Gasteiger charge is 2.09. The summed E-state index contributed by atoms with van der Waals surface area (Å²) in [6, 6.07) is 17.8. The summed E-state index contributed by atoms with van der Waals surface area (Å²) in [4.78, 5) is 16.3. The van der Waals surface area contributed by atoms with Crippen molar-refractivity contribution in [1.82, 2.24) is 4.98 Å². The molecule has 6 heteroatoms. The molecule has 1 amide bonds. The molecule has 27 heavy (non-hydrogen) atoms. The van der Waals surface area contributed by atoms with Gasteiger partial charge in [0.1, 0.15) is 17.4 Å². The normalized spacial score (nSPS) is 10.1. The number of carbonyl (C=O) groups excluding carboxylic acids is 1. The van der Waals surface area contributed by atoms with Crippen LogP contribution in [0.2, 0.25) is 5.02 Å². The molecule has 1 N–H and O–H groups in total. The van der Waals surface area contributed by atoms with Crippen LogP contribution in [0.25, 0.3) is 0 Å². The van der Waals surface area contributed by atoms with Gasteiger partial charge in [-0.15, -0.1) is 0 Å². The van der Waals surface area contributed by atoms with Gasteiger partial charge < -0.3 is 10.1 Å². The van der Waals surface area contributed by atoms with E-state index in [-0.39, 0.29) is 18.2 Å². The molecule has 0 bridgehead atoms. The average molecular weight is 378 g/mol. The number of nitrogens with one attached hydrogen (secondary N) is 1. The molecule has 2 aromatic carbocycles. The van der Waals surface area contributed by atoms with Crippen LogP contribution in [-0.2, 0) is 11.2 Å². The van der Waals surface area contributed by atoms with Gasteiger partial charge in [0.25, 0.3) is 0 Å². The van der Waals surface area contributed by atoms with Crippen LogP contribution in [0.4, 0.5) is 5.69 Å². The number of hydrogen-bond donors (Lipinski definition) is 1. The number of anilines is 1. The summed E-state index contributed by atoms with van der Waals surface area (Å²) in [7, 11) is 0. The van der Waals surface area contributed by atoms with E-state index in [1.807, 2.05) is 25.1 Å². The fraction of sp³-hybridized carbons (Fsp3) is 0.0952. The van der Waals surface area contributed by atoms with Gasteiger partial charge in [-0.1, -0.05) is 23.7 Å². The lowest BCUT2D eigenvalue weighted by Gasteiger charge is -2.11. The number of ether oxygens (including phenoxy) is 1. The molecule has 0 aliphatic rings. The Morgan fingerprint density at radius 1 is 1.22 bits per heavy atom. The third-order valence-corrected chi connectivity index (χ3v) is 4.11. The van der Waals surface area contributed by atoms with Crippen LogP contribution in [0, 0.1) is 18.3 Å². The van der Waals surface area contributed by atoms with Crippen LogP contribution in [0.15, 0.2) is 60.8 Å². The highest BCUT2D eigenvalue weighted by molar-refractivity contribution is 6.30. The number of aromatic nitrogens is 1. The van der Waals surface area contributed by atoms with Crippen molar-refractivity contribution >= 4 is 23.2 Å². The second-order valence-corrected chi connectivity index (χ2v) is 6.33. The first-order valence-electron chi connectivity index (χ1n) is 8.23. The first kappa shape index (κ1) is 18.4. The zero-order valence-electron chi connectivity index (χ0n) is 14.6. The van der Waals surface area contributed by atoms with Crippen LogP contribution in [-0.4, -0.2) is 10.9 Å². The van der Waals surface area contributed by atoms with E-state index < -0.39 is 0 Å². The molecule has 0 aliphatic heterocycles. The topological polar surface area (TPSA) is 75.0 Å². The number of hydrogen-bond acceptors (Lipinski definition) is 4. The maximum Gasteiger partial charge on any atom is 0.237 e. The third-order valence-electron chi connectivity index (χ3n) is 3.86. The Morgan fingerprint density at radius 2 is 2.00 bits per heavy atom. The molecule has 0 aliphatic carbocycles. The number of aryl methyl sites for hydroxylation is 1. The van der Waals surface area contributed by atoms with Crippen LogP contribution >= 0.6 is 11.6 Å². The molecule has 0 radical (unpaired) electrons. The highest BCUT2D eigenvalue weighted by Crippen LogP contribution is 2.26. The van der Waals surface area contributed by atoms with Crippen LogP contribution in [0.1, 0.15) is 16.7 Å². The Morgan fingerprint density at radius 3 is 2.70 bits per heavy atom. The lowest BCUT2D eigenvalue weighted by atomic mass is 10.1. The Balaban J connectivity index is 1.68. The van der Waals surface area contributed by atoms with Crippen molar-refractivity contribution in [1.29, 1.82) is 5.26 Å². The number of halogens is 1. The van der Waals surface area contributed by atoms with Crippen LogP contribution < -0.4 is 10.1 Å². The molecule has 0 fully saturated rings. The van der Waals surface area contributed by atoms with E-state index in [0.717, 1.165) is 11.1 Å². The van der Waals surface area contributed by atoms with Crippen molar-refractivity contribution < 1.29 is 9.53 Å². The third kappa shape index (κ3) is 4.84. The van der Waals surface area contributed by atoms with Gasteiger partial charge in [0.05, 0.1) is 6.42 Å². The molecule has 1 aromatic heterocycles. The molecule has 0 spiro atoms. The van der Waals surface area contributed by atoms with Gasteiger partial charge in [-0.3, -0.25) is 4.79 Å². The molecular weight excluding hydrogens is 362 g/mol. The summed E-state index contributed by atoms with van der Waals surface area (Å²) in [5.41, 5.74) is 2.78. The summed E-state index contributed by atoms with van der Waals surface area (Å²) in [5.74, 6) is 0.669. The van der Waals surface area contributed by atoms with Crippen molar-refractivity contribution in [2.24, 2.45) is 0 Å². The molecule has 0 saturated heterocycles. The van der Waals surface area contributed by atoms with E-state index >= 15 is 0 Å². The van der Waals surface area contributed by atoms with E-state index in [9.17, 15) is 4.79 Å². The standard InChI is InChI=1S/C21H16ClN3O2/c1-14-11-18(27-21-16(13-23)3-2-10-24-21)8-9-19(14)25-20(26)12-15-4-6-17(22)7-5-15/h2-11H,12H2,1H3,(H,25,26). The molecule has 3 rings (SSSR count). The Bertz CT molecular complexity index is 1010. The lowest BCUT2D eigenvalue weighted by Crippen LogP contribution is -2.15. The highest BCUT2D eigenvalue weighted by atomic mass is 35.5. The Labute approximate surface area is 162 Å². The van der Waals surface area contributed by atoms with Crippen molar-refractivity contribution in [2.75, 3.05) is 5.32 Å². The molecule has 3 aromatic rings. The largest absolute Gasteiger partial charge is 0.438 e. The number of amides is 1.